The van der Waals surface area contributed by atoms with Crippen molar-refractivity contribution in [2.45, 2.75) is 32.4 Å². The van der Waals surface area contributed by atoms with Gasteiger partial charge in [-0.05, 0) is 25.8 Å². The fraction of sp³-hybridized carbons (Fsp3) is 0.538. The standard InChI is InChI=1S/C13H18N2O3/c1-10(16)11-2-5-15(8-11)9-13(17)14-12-3-6-18-7-4-12/h2,5,8,12H,3-4,6-7,9H2,1H3,(H,14,17). The summed E-state index contributed by atoms with van der Waals surface area (Å²) in [5, 5.41) is 2.98. The van der Waals surface area contributed by atoms with Crippen molar-refractivity contribution in [2.24, 2.45) is 0 Å². The number of rotatable bonds is 4. The Morgan fingerprint density at radius 1 is 1.44 bits per heavy atom. The van der Waals surface area contributed by atoms with E-state index >= 15 is 0 Å². The minimum atomic E-state index is -0.0207. The highest BCUT2D eigenvalue weighted by atomic mass is 16.5. The van der Waals surface area contributed by atoms with E-state index in [9.17, 15) is 9.59 Å². The predicted octanol–water partition coefficient (Wildman–Crippen LogP) is 0.986. The molecule has 2 heterocycles. The van der Waals surface area contributed by atoms with E-state index in [0.29, 0.717) is 18.8 Å². The first-order valence-corrected chi connectivity index (χ1v) is 6.19. The Balaban J connectivity index is 1.84. The van der Waals surface area contributed by atoms with Crippen LogP contribution < -0.4 is 5.32 Å². The fourth-order valence-electron chi connectivity index (χ4n) is 2.03. The first-order chi connectivity index (χ1) is 8.65. The van der Waals surface area contributed by atoms with Crippen LogP contribution >= 0.6 is 0 Å². The molecule has 5 nitrogen and oxygen atoms in total. The number of aromatic nitrogens is 1. The van der Waals surface area contributed by atoms with E-state index < -0.39 is 0 Å². The van der Waals surface area contributed by atoms with Gasteiger partial charge in [-0.25, -0.2) is 0 Å². The van der Waals surface area contributed by atoms with E-state index in [1.54, 1.807) is 23.0 Å². The number of carbonyl (C=O) groups is 2. The van der Waals surface area contributed by atoms with Crippen molar-refractivity contribution in [1.82, 2.24) is 9.88 Å². The minimum Gasteiger partial charge on any atom is -0.381 e. The van der Waals surface area contributed by atoms with Crippen LogP contribution in [0.3, 0.4) is 0 Å². The number of nitrogens with one attached hydrogen (secondary N) is 1. The first-order valence-electron chi connectivity index (χ1n) is 6.19. The highest BCUT2D eigenvalue weighted by molar-refractivity contribution is 5.93. The van der Waals surface area contributed by atoms with Gasteiger partial charge in [0.15, 0.2) is 5.78 Å². The second kappa shape index (κ2) is 5.82. The third kappa shape index (κ3) is 3.43. The topological polar surface area (TPSA) is 60.3 Å². The highest BCUT2D eigenvalue weighted by Crippen LogP contribution is 2.06. The number of ether oxygens (including phenoxy) is 1. The Bertz CT molecular complexity index is 433. The average Bonchev–Trinajstić information content (AvgIpc) is 2.78. The molecule has 1 aromatic heterocycles. The molecule has 0 aromatic carbocycles. The quantitative estimate of drug-likeness (QED) is 0.810. The molecule has 1 aliphatic rings. The Hall–Kier alpha value is -1.62. The van der Waals surface area contributed by atoms with E-state index in [2.05, 4.69) is 5.32 Å². The summed E-state index contributed by atoms with van der Waals surface area (Å²) in [5.41, 5.74) is 0.633. The molecule has 1 aromatic rings. The summed E-state index contributed by atoms with van der Waals surface area (Å²) in [6.45, 7) is 3.19. The van der Waals surface area contributed by atoms with Gasteiger partial charge in [-0.2, -0.15) is 0 Å². The molecule has 1 fully saturated rings. The van der Waals surface area contributed by atoms with Gasteiger partial charge in [-0.15, -0.1) is 0 Å². The Morgan fingerprint density at radius 2 is 2.17 bits per heavy atom. The molecule has 0 bridgehead atoms. The van der Waals surface area contributed by atoms with Crippen molar-refractivity contribution in [1.29, 1.82) is 0 Å². The van der Waals surface area contributed by atoms with Gasteiger partial charge in [-0.3, -0.25) is 9.59 Å². The number of Topliss-reactive ketones (excluding diaryl/α,β-unsaturated/α-hetero) is 1. The predicted molar refractivity (Wildman–Crippen MR) is 66.4 cm³/mol. The summed E-state index contributed by atoms with van der Waals surface area (Å²) in [6, 6.07) is 1.94. The van der Waals surface area contributed by atoms with Crippen LogP contribution in [0.5, 0.6) is 0 Å². The summed E-state index contributed by atoms with van der Waals surface area (Å²) in [5.74, 6) is -0.00816. The van der Waals surface area contributed by atoms with E-state index in [-0.39, 0.29) is 24.3 Å². The van der Waals surface area contributed by atoms with Gasteiger partial charge in [-0.1, -0.05) is 0 Å². The van der Waals surface area contributed by atoms with Crippen LogP contribution in [0, 0.1) is 0 Å². The van der Waals surface area contributed by atoms with Crippen molar-refractivity contribution >= 4 is 11.7 Å². The Kier molecular flexibility index (Phi) is 4.15. The van der Waals surface area contributed by atoms with Gasteiger partial charge >= 0.3 is 0 Å². The summed E-state index contributed by atoms with van der Waals surface area (Å²) in [7, 11) is 0. The third-order valence-corrected chi connectivity index (χ3v) is 3.07. The van der Waals surface area contributed by atoms with Crippen LogP contribution in [0.2, 0.25) is 0 Å². The van der Waals surface area contributed by atoms with Crippen LogP contribution in [0.4, 0.5) is 0 Å². The highest BCUT2D eigenvalue weighted by Gasteiger charge is 2.16. The monoisotopic (exact) mass is 250 g/mol. The molecule has 5 heteroatoms. The molecule has 0 saturated carbocycles. The molecule has 18 heavy (non-hydrogen) atoms. The first kappa shape index (κ1) is 12.8. The molecule has 2 rings (SSSR count). The number of carbonyl (C=O) groups excluding carboxylic acids is 2. The van der Waals surface area contributed by atoms with Crippen molar-refractivity contribution in [3.05, 3.63) is 24.0 Å². The average molecular weight is 250 g/mol. The van der Waals surface area contributed by atoms with E-state index in [0.717, 1.165) is 12.8 Å². The van der Waals surface area contributed by atoms with Crippen LogP contribution in [-0.2, 0) is 16.1 Å². The summed E-state index contributed by atoms with van der Waals surface area (Å²) < 4.78 is 6.96. The molecule has 0 aliphatic carbocycles. The molecular formula is C13H18N2O3. The number of amides is 1. The second-order valence-corrected chi connectivity index (χ2v) is 4.58. The molecule has 1 aliphatic heterocycles. The smallest absolute Gasteiger partial charge is 0.240 e. The molecule has 0 spiro atoms. The van der Waals surface area contributed by atoms with Crippen molar-refractivity contribution in [2.75, 3.05) is 13.2 Å². The zero-order valence-corrected chi connectivity index (χ0v) is 10.5. The van der Waals surface area contributed by atoms with Crippen LogP contribution in [0.1, 0.15) is 30.1 Å². The second-order valence-electron chi connectivity index (χ2n) is 4.58. The van der Waals surface area contributed by atoms with Gasteiger partial charge in [0.25, 0.3) is 0 Å². The molecule has 1 saturated heterocycles. The van der Waals surface area contributed by atoms with Crippen LogP contribution in [0.25, 0.3) is 0 Å². The summed E-state index contributed by atoms with van der Waals surface area (Å²) >= 11 is 0. The third-order valence-electron chi connectivity index (χ3n) is 3.07. The normalized spacial score (nSPS) is 16.5. The van der Waals surface area contributed by atoms with Crippen LogP contribution in [0.15, 0.2) is 18.5 Å². The maximum absolute atomic E-state index is 11.8. The number of nitrogens with zero attached hydrogens (tertiary/aromatic N) is 1. The molecule has 1 N–H and O–H groups in total. The SMILES string of the molecule is CC(=O)c1ccn(CC(=O)NC2CCOCC2)c1. The number of ketones is 1. The zero-order valence-electron chi connectivity index (χ0n) is 10.5. The Labute approximate surface area is 106 Å². The maximum atomic E-state index is 11.8. The van der Waals surface area contributed by atoms with Gasteiger partial charge < -0.3 is 14.6 Å². The van der Waals surface area contributed by atoms with Gasteiger partial charge in [0.1, 0.15) is 6.54 Å². The molecule has 0 radical (unpaired) electrons. The number of hydrogen-bond acceptors (Lipinski definition) is 3. The van der Waals surface area contributed by atoms with Crippen LogP contribution in [-0.4, -0.2) is 35.5 Å². The zero-order chi connectivity index (χ0) is 13.0. The van der Waals surface area contributed by atoms with Gasteiger partial charge in [0, 0.05) is 37.2 Å². The van der Waals surface area contributed by atoms with Crippen molar-refractivity contribution in [3.63, 3.8) is 0 Å². The van der Waals surface area contributed by atoms with E-state index in [1.165, 1.54) is 6.92 Å². The lowest BCUT2D eigenvalue weighted by Gasteiger charge is -2.23. The van der Waals surface area contributed by atoms with E-state index in [1.807, 2.05) is 0 Å². The molecule has 0 atom stereocenters. The fourth-order valence-corrected chi connectivity index (χ4v) is 2.03. The van der Waals surface area contributed by atoms with Gasteiger partial charge in [0.2, 0.25) is 5.91 Å². The van der Waals surface area contributed by atoms with Crippen molar-refractivity contribution in [3.8, 4) is 0 Å². The summed E-state index contributed by atoms with van der Waals surface area (Å²) in [6.07, 6.45) is 5.19. The van der Waals surface area contributed by atoms with Gasteiger partial charge in [0.05, 0.1) is 0 Å². The lowest BCUT2D eigenvalue weighted by atomic mass is 10.1. The minimum absolute atomic E-state index is 0.0126. The lowest BCUT2D eigenvalue weighted by molar-refractivity contribution is -0.122. The molecule has 98 valence electrons. The maximum Gasteiger partial charge on any atom is 0.240 e. The molecular weight excluding hydrogens is 232 g/mol. The number of hydrogen-bond donors (Lipinski definition) is 1. The van der Waals surface area contributed by atoms with E-state index in [4.69, 9.17) is 4.74 Å². The lowest BCUT2D eigenvalue weighted by Crippen LogP contribution is -2.40. The van der Waals surface area contributed by atoms with Crippen molar-refractivity contribution < 1.29 is 14.3 Å². The largest absolute Gasteiger partial charge is 0.381 e. The summed E-state index contributed by atoms with van der Waals surface area (Å²) in [4.78, 5) is 22.9. The molecule has 1 amide bonds. The Morgan fingerprint density at radius 3 is 2.78 bits per heavy atom. The molecule has 0 unspecified atom stereocenters.